The zero-order chi connectivity index (χ0) is 23.9. The molecule has 1 amide bonds. The summed E-state index contributed by atoms with van der Waals surface area (Å²) in [7, 11) is 0. The lowest BCUT2D eigenvalue weighted by Gasteiger charge is -2.26. The van der Waals surface area contributed by atoms with Crippen LogP contribution in [0.4, 0.5) is 5.69 Å². The van der Waals surface area contributed by atoms with Gasteiger partial charge < -0.3 is 5.11 Å². The lowest BCUT2D eigenvalue weighted by atomic mass is 9.92. The normalized spacial score (nSPS) is 17.8. The van der Waals surface area contributed by atoms with Crippen LogP contribution in [0.15, 0.2) is 72.3 Å². The molecule has 0 saturated carbocycles. The number of amides is 1. The molecule has 1 saturated heterocycles. The van der Waals surface area contributed by atoms with E-state index in [9.17, 15) is 14.7 Å². The number of carbonyl (C=O) groups excluding carboxylic acids is 2. The second-order valence-corrected chi connectivity index (χ2v) is 9.15. The van der Waals surface area contributed by atoms with Gasteiger partial charge in [-0.25, -0.2) is 0 Å². The van der Waals surface area contributed by atoms with Gasteiger partial charge in [-0.2, -0.15) is 0 Å². The molecular formula is C29H29NO3. The van der Waals surface area contributed by atoms with Crippen LogP contribution < -0.4 is 4.90 Å². The summed E-state index contributed by atoms with van der Waals surface area (Å²) in [4.78, 5) is 28.2. The Hall–Kier alpha value is -3.66. The van der Waals surface area contributed by atoms with Crippen LogP contribution in [-0.4, -0.2) is 16.8 Å². The van der Waals surface area contributed by atoms with Gasteiger partial charge in [-0.3, -0.25) is 14.5 Å². The van der Waals surface area contributed by atoms with Crippen LogP contribution in [0, 0.1) is 20.8 Å². The second kappa shape index (κ2) is 8.70. The third-order valence-corrected chi connectivity index (χ3v) is 6.29. The molecule has 4 heteroatoms. The molecular weight excluding hydrogens is 410 g/mol. The van der Waals surface area contributed by atoms with Crippen LogP contribution >= 0.6 is 0 Å². The molecule has 1 aliphatic heterocycles. The molecule has 168 valence electrons. The van der Waals surface area contributed by atoms with Gasteiger partial charge in [0.2, 0.25) is 0 Å². The third-order valence-electron chi connectivity index (χ3n) is 6.29. The number of aliphatic hydroxyl groups is 1. The summed E-state index contributed by atoms with van der Waals surface area (Å²) < 4.78 is 0. The van der Waals surface area contributed by atoms with Crippen LogP contribution in [0.25, 0.3) is 5.76 Å². The topological polar surface area (TPSA) is 57.6 Å². The average Bonchev–Trinajstić information content (AvgIpc) is 3.05. The van der Waals surface area contributed by atoms with E-state index in [0.717, 1.165) is 27.8 Å². The zero-order valence-electron chi connectivity index (χ0n) is 19.7. The number of benzene rings is 3. The number of Topliss-reactive ketones (excluding diaryl/α,β-unsaturated/α-hetero) is 1. The summed E-state index contributed by atoms with van der Waals surface area (Å²) in [5, 5.41) is 11.4. The van der Waals surface area contributed by atoms with Gasteiger partial charge in [0.25, 0.3) is 11.7 Å². The highest BCUT2D eigenvalue weighted by molar-refractivity contribution is 6.51. The minimum Gasteiger partial charge on any atom is -0.507 e. The van der Waals surface area contributed by atoms with Crippen molar-refractivity contribution in [3.05, 3.63) is 106 Å². The fraction of sp³-hybridized carbons (Fsp3) is 0.241. The fourth-order valence-corrected chi connectivity index (χ4v) is 4.41. The van der Waals surface area contributed by atoms with Crippen LogP contribution in [0.5, 0.6) is 0 Å². The van der Waals surface area contributed by atoms with Crippen LogP contribution in [0.1, 0.15) is 59.2 Å². The van der Waals surface area contributed by atoms with E-state index in [4.69, 9.17) is 0 Å². The summed E-state index contributed by atoms with van der Waals surface area (Å²) in [5.74, 6) is -1.09. The van der Waals surface area contributed by atoms with Gasteiger partial charge in [-0.05, 0) is 61.6 Å². The molecule has 3 aromatic rings. The first-order valence-electron chi connectivity index (χ1n) is 11.2. The zero-order valence-corrected chi connectivity index (χ0v) is 19.7. The number of anilines is 1. The summed E-state index contributed by atoms with van der Waals surface area (Å²) in [6.07, 6.45) is 0. The van der Waals surface area contributed by atoms with Gasteiger partial charge >= 0.3 is 0 Å². The highest BCUT2D eigenvalue weighted by atomic mass is 16.3. The Morgan fingerprint density at radius 1 is 0.879 bits per heavy atom. The molecule has 0 aliphatic carbocycles. The first kappa shape index (κ1) is 22.5. The van der Waals surface area contributed by atoms with E-state index in [-0.39, 0.29) is 11.3 Å². The number of hydrogen-bond acceptors (Lipinski definition) is 3. The molecule has 0 radical (unpaired) electrons. The number of nitrogens with zero attached hydrogens (tertiary/aromatic N) is 1. The van der Waals surface area contributed by atoms with Crippen LogP contribution in [0.2, 0.25) is 0 Å². The lowest BCUT2D eigenvalue weighted by molar-refractivity contribution is -0.132. The van der Waals surface area contributed by atoms with Crippen molar-refractivity contribution < 1.29 is 14.7 Å². The Kier molecular flexibility index (Phi) is 5.94. The van der Waals surface area contributed by atoms with Crippen molar-refractivity contribution in [2.24, 2.45) is 0 Å². The van der Waals surface area contributed by atoms with E-state index in [1.54, 1.807) is 0 Å². The predicted octanol–water partition coefficient (Wildman–Crippen LogP) is 6.36. The van der Waals surface area contributed by atoms with E-state index in [1.807, 2.05) is 87.5 Å². The van der Waals surface area contributed by atoms with Gasteiger partial charge in [-0.15, -0.1) is 0 Å². The molecule has 1 unspecified atom stereocenters. The SMILES string of the molecule is Cc1cccc(C2/C(=C(\O)c3cc(C)ccc3C)C(=O)C(=O)N2c2ccc(C(C)C)cc2)c1. The van der Waals surface area contributed by atoms with Crippen molar-refractivity contribution >= 4 is 23.1 Å². The van der Waals surface area contributed by atoms with E-state index in [0.29, 0.717) is 17.2 Å². The summed E-state index contributed by atoms with van der Waals surface area (Å²) in [6.45, 7) is 10.0. The fourth-order valence-electron chi connectivity index (χ4n) is 4.41. The molecule has 0 aromatic heterocycles. The van der Waals surface area contributed by atoms with Gasteiger partial charge in [0.05, 0.1) is 11.6 Å². The highest BCUT2D eigenvalue weighted by Crippen LogP contribution is 2.43. The van der Waals surface area contributed by atoms with E-state index >= 15 is 0 Å². The molecule has 1 N–H and O–H groups in total. The second-order valence-electron chi connectivity index (χ2n) is 9.15. The van der Waals surface area contributed by atoms with Crippen molar-refractivity contribution in [1.29, 1.82) is 0 Å². The molecule has 4 nitrogen and oxygen atoms in total. The number of aliphatic hydroxyl groups excluding tert-OH is 1. The Balaban J connectivity index is 1.95. The number of aryl methyl sites for hydroxylation is 3. The van der Waals surface area contributed by atoms with E-state index in [2.05, 4.69) is 13.8 Å². The largest absolute Gasteiger partial charge is 0.507 e. The first-order chi connectivity index (χ1) is 15.7. The molecule has 3 aromatic carbocycles. The Bertz CT molecular complexity index is 1270. The first-order valence-corrected chi connectivity index (χ1v) is 11.2. The van der Waals surface area contributed by atoms with Crippen LogP contribution in [-0.2, 0) is 9.59 Å². The number of hydrogen-bond donors (Lipinski definition) is 1. The van der Waals surface area contributed by atoms with E-state index in [1.165, 1.54) is 4.90 Å². The van der Waals surface area contributed by atoms with Crippen LogP contribution in [0.3, 0.4) is 0 Å². The van der Waals surface area contributed by atoms with Crippen molar-refractivity contribution in [1.82, 2.24) is 0 Å². The summed E-state index contributed by atoms with van der Waals surface area (Å²) >= 11 is 0. The van der Waals surface area contributed by atoms with Crippen molar-refractivity contribution in [2.45, 2.75) is 46.6 Å². The molecule has 33 heavy (non-hydrogen) atoms. The molecule has 0 bridgehead atoms. The molecule has 4 rings (SSSR count). The minimum atomic E-state index is -0.713. The van der Waals surface area contributed by atoms with Crippen molar-refractivity contribution in [2.75, 3.05) is 4.90 Å². The number of ketones is 1. The highest BCUT2D eigenvalue weighted by Gasteiger charge is 2.47. The Labute approximate surface area is 195 Å². The van der Waals surface area contributed by atoms with E-state index < -0.39 is 17.7 Å². The van der Waals surface area contributed by atoms with Crippen molar-refractivity contribution in [3.63, 3.8) is 0 Å². The molecule has 1 heterocycles. The molecule has 1 aliphatic rings. The molecule has 1 atom stereocenters. The third kappa shape index (κ3) is 4.09. The molecule has 1 fully saturated rings. The summed E-state index contributed by atoms with van der Waals surface area (Å²) in [5.41, 5.74) is 6.08. The smallest absolute Gasteiger partial charge is 0.300 e. The van der Waals surface area contributed by atoms with Gasteiger partial charge in [-0.1, -0.05) is 73.5 Å². The average molecular weight is 440 g/mol. The Morgan fingerprint density at radius 3 is 2.18 bits per heavy atom. The van der Waals surface area contributed by atoms with Gasteiger partial charge in [0, 0.05) is 11.3 Å². The molecule has 0 spiro atoms. The quantitative estimate of drug-likeness (QED) is 0.292. The van der Waals surface area contributed by atoms with Crippen molar-refractivity contribution in [3.8, 4) is 0 Å². The van der Waals surface area contributed by atoms with Gasteiger partial charge in [0.15, 0.2) is 0 Å². The number of rotatable bonds is 4. The standard InChI is InChI=1S/C29H29NO3/c1-17(2)21-11-13-23(14-12-21)30-26(22-8-6-7-18(3)15-22)25(28(32)29(30)33)27(31)24-16-19(4)9-10-20(24)5/h6-17,26,31H,1-5H3/b27-25+. The summed E-state index contributed by atoms with van der Waals surface area (Å²) in [6, 6.07) is 20.5. The minimum absolute atomic E-state index is 0.118. The Morgan fingerprint density at radius 2 is 1.55 bits per heavy atom. The van der Waals surface area contributed by atoms with Gasteiger partial charge in [0.1, 0.15) is 5.76 Å². The maximum Gasteiger partial charge on any atom is 0.300 e. The monoisotopic (exact) mass is 439 g/mol. The maximum absolute atomic E-state index is 13.3. The predicted molar refractivity (Wildman–Crippen MR) is 132 cm³/mol. The maximum atomic E-state index is 13.3. The lowest BCUT2D eigenvalue weighted by Crippen LogP contribution is -2.29. The number of carbonyl (C=O) groups is 2.